The third-order valence-corrected chi connectivity index (χ3v) is 7.27. The molecule has 2 atom stereocenters. The molecule has 7 N–H and O–H groups in total. The fraction of sp³-hybridized carbons (Fsp3) is 0.300. The molecule has 1 aliphatic rings. The molecule has 19 nitrogen and oxygen atoms in total. The summed E-state index contributed by atoms with van der Waals surface area (Å²) >= 11 is 0.929. The van der Waals surface area contributed by atoms with Gasteiger partial charge in [-0.2, -0.15) is 8.42 Å². The molecule has 0 aromatic carbocycles. The average Bonchev–Trinajstić information content (AvgIpc) is 3.52. The average molecular weight is 612 g/mol. The number of anilines is 1. The van der Waals surface area contributed by atoms with E-state index in [0.717, 1.165) is 28.3 Å². The van der Waals surface area contributed by atoms with Crippen molar-refractivity contribution in [1.29, 1.82) is 0 Å². The van der Waals surface area contributed by atoms with Crippen molar-refractivity contribution in [3.05, 3.63) is 39.8 Å². The number of aromatic amines is 1. The van der Waals surface area contributed by atoms with E-state index in [1.807, 2.05) is 0 Å². The minimum Gasteiger partial charge on any atom is -0.503 e. The van der Waals surface area contributed by atoms with E-state index in [-0.39, 0.29) is 26.5 Å². The minimum absolute atomic E-state index is 0.0325. The van der Waals surface area contributed by atoms with E-state index in [9.17, 15) is 42.4 Å². The predicted octanol–water partition coefficient (Wildman–Crippen LogP) is -1.84. The second-order valence-electron chi connectivity index (χ2n) is 8.97. The summed E-state index contributed by atoms with van der Waals surface area (Å²) in [6, 6.07) is -1.91. The van der Waals surface area contributed by atoms with E-state index in [4.69, 9.17) is 10.6 Å². The van der Waals surface area contributed by atoms with Crippen LogP contribution in [-0.2, 0) is 36.1 Å². The summed E-state index contributed by atoms with van der Waals surface area (Å²) in [5.41, 5.74) is 2.64. The van der Waals surface area contributed by atoms with Gasteiger partial charge in [-0.15, -0.1) is 16.4 Å². The van der Waals surface area contributed by atoms with Crippen LogP contribution in [0.3, 0.4) is 0 Å². The summed E-state index contributed by atoms with van der Waals surface area (Å²) in [6.45, 7) is 1.92. The van der Waals surface area contributed by atoms with Crippen molar-refractivity contribution in [3.8, 4) is 17.1 Å². The summed E-state index contributed by atoms with van der Waals surface area (Å²) < 4.78 is 34.6. The smallest absolute Gasteiger partial charge is 0.362 e. The Morgan fingerprint density at radius 3 is 2.63 bits per heavy atom. The number of carbonyl (C=O) groups excluding carboxylic acids is 2. The first kappa shape index (κ1) is 29.1. The number of amides is 2. The molecule has 4 heterocycles. The van der Waals surface area contributed by atoms with E-state index in [1.54, 1.807) is 0 Å². The van der Waals surface area contributed by atoms with Crippen LogP contribution >= 0.6 is 11.3 Å². The first-order chi connectivity index (χ1) is 19.1. The van der Waals surface area contributed by atoms with Crippen LogP contribution in [0.5, 0.6) is 5.75 Å². The summed E-state index contributed by atoms with van der Waals surface area (Å²) in [6.07, 6.45) is 2.31. The molecule has 0 spiro atoms. The number of hydrogen-bond acceptors (Lipinski definition) is 14. The normalized spacial score (nSPS) is 17.7. The highest BCUT2D eigenvalue weighted by molar-refractivity contribution is 7.84. The first-order valence-electron chi connectivity index (χ1n) is 11.2. The molecule has 0 aliphatic carbocycles. The molecule has 0 bridgehead atoms. The lowest BCUT2D eigenvalue weighted by atomic mass is 9.98. The molecular formula is C20H21N9O10S2. The van der Waals surface area contributed by atoms with Crippen molar-refractivity contribution < 1.29 is 42.4 Å². The van der Waals surface area contributed by atoms with Crippen LogP contribution in [0.25, 0.3) is 11.4 Å². The number of aromatic nitrogens is 5. The van der Waals surface area contributed by atoms with Gasteiger partial charge in [-0.05, 0) is 13.8 Å². The Kier molecular flexibility index (Phi) is 7.52. The van der Waals surface area contributed by atoms with Crippen LogP contribution in [0.2, 0.25) is 0 Å². The minimum atomic E-state index is -5.07. The fourth-order valence-corrected chi connectivity index (χ4v) is 4.88. The van der Waals surface area contributed by atoms with Gasteiger partial charge >= 0.3 is 16.3 Å². The van der Waals surface area contributed by atoms with Crippen LogP contribution in [0.15, 0.2) is 33.8 Å². The van der Waals surface area contributed by atoms with Crippen LogP contribution in [-0.4, -0.2) is 93.6 Å². The molecule has 41 heavy (non-hydrogen) atoms. The van der Waals surface area contributed by atoms with Crippen molar-refractivity contribution in [2.24, 2.45) is 5.16 Å². The molecular weight excluding hydrogens is 590 g/mol. The Labute approximate surface area is 233 Å². The van der Waals surface area contributed by atoms with E-state index in [2.05, 4.69) is 30.8 Å². The van der Waals surface area contributed by atoms with Crippen molar-refractivity contribution in [1.82, 2.24) is 34.6 Å². The number of hydrogen-bond donors (Lipinski definition) is 6. The molecule has 1 saturated heterocycles. The number of nitrogens with one attached hydrogen (secondary N) is 2. The third kappa shape index (κ3) is 6.00. The van der Waals surface area contributed by atoms with Gasteiger partial charge < -0.3 is 31.1 Å². The number of H-pyrrole nitrogens is 1. The van der Waals surface area contributed by atoms with Gasteiger partial charge in [0.05, 0.1) is 24.5 Å². The maximum atomic E-state index is 13.2. The number of nitrogens with zero attached hydrogens (tertiary/aromatic N) is 6. The maximum absolute atomic E-state index is 13.2. The van der Waals surface area contributed by atoms with Gasteiger partial charge in [-0.3, -0.25) is 18.9 Å². The van der Waals surface area contributed by atoms with Gasteiger partial charge in [0.25, 0.3) is 11.8 Å². The lowest BCUT2D eigenvalue weighted by molar-refractivity contribution is -0.161. The Bertz CT molecular complexity index is 1730. The number of oxime groups is 1. The number of aromatic hydroxyl groups is 1. The van der Waals surface area contributed by atoms with E-state index < -0.39 is 69.2 Å². The number of rotatable bonds is 10. The van der Waals surface area contributed by atoms with E-state index in [1.165, 1.54) is 25.4 Å². The molecule has 2 amide bonds. The van der Waals surface area contributed by atoms with Gasteiger partial charge in [0.2, 0.25) is 11.0 Å². The zero-order valence-electron chi connectivity index (χ0n) is 20.9. The monoisotopic (exact) mass is 611 g/mol. The Morgan fingerprint density at radius 1 is 1.34 bits per heavy atom. The summed E-state index contributed by atoms with van der Waals surface area (Å²) in [5, 5.41) is 33.6. The van der Waals surface area contributed by atoms with Crippen molar-refractivity contribution in [2.45, 2.75) is 38.1 Å². The van der Waals surface area contributed by atoms with Crippen molar-refractivity contribution in [2.75, 3.05) is 5.73 Å². The molecule has 4 rings (SSSR count). The molecule has 0 radical (unpaired) electrons. The lowest BCUT2D eigenvalue weighted by Crippen LogP contribution is -2.73. The zero-order valence-corrected chi connectivity index (χ0v) is 22.6. The summed E-state index contributed by atoms with van der Waals surface area (Å²) in [5.74, 6) is -4.23. The number of aliphatic carboxylic acids is 1. The topological polar surface area (TPSA) is 285 Å². The van der Waals surface area contributed by atoms with E-state index in [0.29, 0.717) is 0 Å². The number of carboxylic acid groups (broad SMARTS) is 1. The zero-order chi connectivity index (χ0) is 30.3. The number of nitrogens with two attached hydrogens (primary N) is 1. The number of carboxylic acids is 1. The quantitative estimate of drug-likeness (QED) is 0.0636. The number of thiazole rings is 1. The van der Waals surface area contributed by atoms with Gasteiger partial charge in [-0.25, -0.2) is 18.8 Å². The van der Waals surface area contributed by atoms with E-state index >= 15 is 0 Å². The third-order valence-electron chi connectivity index (χ3n) is 5.65. The summed E-state index contributed by atoms with van der Waals surface area (Å²) in [4.78, 5) is 60.5. The predicted molar refractivity (Wildman–Crippen MR) is 138 cm³/mol. The van der Waals surface area contributed by atoms with Crippen molar-refractivity contribution >= 4 is 50.3 Å². The Morgan fingerprint density at radius 2 is 2.05 bits per heavy atom. The molecule has 218 valence electrons. The molecule has 3 aromatic heterocycles. The van der Waals surface area contributed by atoms with Crippen LogP contribution in [0.4, 0.5) is 5.13 Å². The van der Waals surface area contributed by atoms with Crippen molar-refractivity contribution in [3.63, 3.8) is 0 Å². The highest BCUT2D eigenvalue weighted by Crippen LogP contribution is 2.26. The van der Waals surface area contributed by atoms with Crippen LogP contribution < -0.4 is 16.5 Å². The second kappa shape index (κ2) is 10.6. The largest absolute Gasteiger partial charge is 0.503 e. The molecule has 0 saturated carbocycles. The second-order valence-corrected chi connectivity index (χ2v) is 11.1. The Balaban J connectivity index is 1.60. The number of carbonyl (C=O) groups is 3. The highest BCUT2D eigenvalue weighted by atomic mass is 32.2. The lowest BCUT2D eigenvalue weighted by Gasteiger charge is -2.43. The van der Waals surface area contributed by atoms with Crippen LogP contribution in [0, 0.1) is 0 Å². The van der Waals surface area contributed by atoms with Gasteiger partial charge in [0, 0.05) is 17.6 Å². The van der Waals surface area contributed by atoms with Crippen LogP contribution in [0.1, 0.15) is 19.5 Å². The van der Waals surface area contributed by atoms with Gasteiger partial charge in [-0.1, -0.05) is 10.4 Å². The maximum Gasteiger partial charge on any atom is 0.362 e. The van der Waals surface area contributed by atoms with Gasteiger partial charge in [0.15, 0.2) is 16.6 Å². The molecule has 1 fully saturated rings. The molecule has 21 heteroatoms. The highest BCUT2D eigenvalue weighted by Gasteiger charge is 2.54. The first-order valence-corrected chi connectivity index (χ1v) is 13.5. The molecule has 1 aliphatic heterocycles. The fourth-order valence-electron chi connectivity index (χ4n) is 3.46. The standard InChI is InChI=1S/C20H21N9O10S2/c1-20(2,18(34)35)39-26-14(10-7-40-19(21)23-10)16(32)24-15-11(29(17(15)33)41(36,37)38)6-28-5-9(25-27-28)8-3-12(30)13(31)4-22-8/h3-5,7,11,15,31H,6H2,1-2H3,(H2,21,23)(H,22,30)(H,24,32)(H,34,35)(H,36,37,38)/t11-,15-/m0/s1. The molecule has 0 unspecified atom stereocenters. The number of nitrogen functional groups attached to an aromatic ring is 1. The van der Waals surface area contributed by atoms with Gasteiger partial charge in [0.1, 0.15) is 17.4 Å². The number of β-lactam (4-membered cyclic amide) rings is 1. The number of pyridine rings is 1. The molecule has 3 aromatic rings. The summed E-state index contributed by atoms with van der Waals surface area (Å²) in [7, 11) is -5.07. The Hall–Kier alpha value is -4.89. The SMILES string of the molecule is CC(C)(ON=C(C(=O)N[C@@H]1C(=O)N(S(=O)(=O)O)[C@H]1Cn1cc(-c2cc(=O)c(O)c[nH]2)nn1)c1csc(N)n1)C(=O)O.